The van der Waals surface area contributed by atoms with E-state index in [-0.39, 0.29) is 0 Å². The Morgan fingerprint density at radius 2 is 1.93 bits per heavy atom. The van der Waals surface area contributed by atoms with Gasteiger partial charge in [0.25, 0.3) is 5.91 Å². The summed E-state index contributed by atoms with van der Waals surface area (Å²) in [5, 5.41) is 11.9. The van der Waals surface area contributed by atoms with Gasteiger partial charge in [0.15, 0.2) is 0 Å². The van der Waals surface area contributed by atoms with Crippen molar-refractivity contribution >= 4 is 23.1 Å². The smallest absolute Gasteiger partial charge is 0.274 e. The molecule has 134 valence electrons. The first-order chi connectivity index (χ1) is 13.2. The van der Waals surface area contributed by atoms with Gasteiger partial charge >= 0.3 is 0 Å². The maximum absolute atomic E-state index is 11.4. The number of fused-ring (bicyclic) bond motifs is 1. The van der Waals surface area contributed by atoms with Gasteiger partial charge in [-0.25, -0.2) is 15.4 Å². The summed E-state index contributed by atoms with van der Waals surface area (Å²) in [6.07, 6.45) is 3.73. The van der Waals surface area contributed by atoms with Crippen LogP contribution in [0.15, 0.2) is 67.0 Å². The molecule has 7 heteroatoms. The van der Waals surface area contributed by atoms with E-state index in [2.05, 4.69) is 19.7 Å². The molecule has 0 radical (unpaired) electrons. The summed E-state index contributed by atoms with van der Waals surface area (Å²) in [6, 6.07) is 16.5. The summed E-state index contributed by atoms with van der Waals surface area (Å²) >= 11 is 0. The molecule has 3 N–H and O–H groups in total. The average molecular weight is 359 g/mol. The number of nitrogens with zero attached hydrogens (tertiary/aromatic N) is 3. The van der Waals surface area contributed by atoms with Crippen LogP contribution in [0.5, 0.6) is 0 Å². The molecular formula is C20H17N5O2. The molecule has 0 spiro atoms. The Hall–Kier alpha value is -3.71. The Bertz CT molecular complexity index is 1120. The van der Waals surface area contributed by atoms with Crippen molar-refractivity contribution in [3.8, 4) is 11.3 Å². The van der Waals surface area contributed by atoms with Gasteiger partial charge < -0.3 is 5.32 Å². The van der Waals surface area contributed by atoms with Crippen LogP contribution in [0.2, 0.25) is 0 Å². The molecule has 0 aliphatic carbocycles. The maximum atomic E-state index is 11.4. The van der Waals surface area contributed by atoms with Gasteiger partial charge in [0.2, 0.25) is 0 Å². The molecule has 0 saturated carbocycles. The predicted molar refractivity (Wildman–Crippen MR) is 102 cm³/mol. The third kappa shape index (κ3) is 3.23. The van der Waals surface area contributed by atoms with Crippen molar-refractivity contribution in [2.45, 2.75) is 6.92 Å². The van der Waals surface area contributed by atoms with Crippen LogP contribution < -0.4 is 10.8 Å². The highest BCUT2D eigenvalue weighted by atomic mass is 16.5. The zero-order valence-corrected chi connectivity index (χ0v) is 14.5. The molecule has 4 aromatic rings. The van der Waals surface area contributed by atoms with Gasteiger partial charge in [0.05, 0.1) is 11.4 Å². The summed E-state index contributed by atoms with van der Waals surface area (Å²) in [5.41, 5.74) is 6.62. The van der Waals surface area contributed by atoms with E-state index in [4.69, 9.17) is 5.21 Å². The number of rotatable bonds is 4. The number of anilines is 2. The molecule has 27 heavy (non-hydrogen) atoms. The van der Waals surface area contributed by atoms with Crippen LogP contribution in [0.25, 0.3) is 16.9 Å². The molecule has 0 saturated heterocycles. The SMILES string of the molecule is Cc1nc2ccccn2c1-c1ccnc(Nc2ccc(C(=O)NO)cc2)c1. The van der Waals surface area contributed by atoms with Crippen LogP contribution in [0.4, 0.5) is 11.5 Å². The molecule has 0 aliphatic rings. The van der Waals surface area contributed by atoms with Crippen molar-refractivity contribution in [1.82, 2.24) is 19.8 Å². The van der Waals surface area contributed by atoms with Gasteiger partial charge in [-0.15, -0.1) is 0 Å². The van der Waals surface area contributed by atoms with E-state index in [1.54, 1.807) is 35.9 Å². The van der Waals surface area contributed by atoms with Crippen molar-refractivity contribution in [3.63, 3.8) is 0 Å². The number of nitrogens with one attached hydrogen (secondary N) is 2. The van der Waals surface area contributed by atoms with E-state index >= 15 is 0 Å². The van der Waals surface area contributed by atoms with Crippen molar-refractivity contribution in [3.05, 3.63) is 78.2 Å². The van der Waals surface area contributed by atoms with E-state index in [1.165, 1.54) is 0 Å². The quantitative estimate of drug-likeness (QED) is 0.383. The maximum Gasteiger partial charge on any atom is 0.274 e. The summed E-state index contributed by atoms with van der Waals surface area (Å²) in [4.78, 5) is 20.4. The molecule has 4 rings (SSSR count). The highest BCUT2D eigenvalue weighted by Crippen LogP contribution is 2.27. The van der Waals surface area contributed by atoms with Crippen LogP contribution in [0, 0.1) is 6.92 Å². The minimum Gasteiger partial charge on any atom is -0.340 e. The van der Waals surface area contributed by atoms with Crippen LogP contribution in [-0.2, 0) is 0 Å². The lowest BCUT2D eigenvalue weighted by molar-refractivity contribution is 0.0706. The van der Waals surface area contributed by atoms with Crippen molar-refractivity contribution in [1.29, 1.82) is 0 Å². The van der Waals surface area contributed by atoms with Gasteiger partial charge in [0, 0.05) is 29.2 Å². The number of imidazole rings is 1. The zero-order valence-electron chi connectivity index (χ0n) is 14.5. The third-order valence-corrected chi connectivity index (χ3v) is 4.26. The normalized spacial score (nSPS) is 10.7. The Morgan fingerprint density at radius 1 is 1.11 bits per heavy atom. The number of hydroxylamine groups is 1. The second-order valence-corrected chi connectivity index (χ2v) is 6.05. The van der Waals surface area contributed by atoms with Gasteiger partial charge in [-0.2, -0.15) is 0 Å². The first-order valence-corrected chi connectivity index (χ1v) is 8.37. The molecule has 1 aromatic carbocycles. The predicted octanol–water partition coefficient (Wildman–Crippen LogP) is 3.57. The molecule has 0 atom stereocenters. The standard InChI is InChI=1S/C20H17N5O2/c1-13-19(25-11-3-2-4-18(25)22-13)15-9-10-21-17(12-15)23-16-7-5-14(6-8-16)20(26)24-27/h2-12,27H,1H3,(H,21,23)(H,24,26). The van der Waals surface area contributed by atoms with E-state index in [1.807, 2.05) is 43.5 Å². The summed E-state index contributed by atoms with van der Waals surface area (Å²) in [7, 11) is 0. The van der Waals surface area contributed by atoms with E-state index < -0.39 is 5.91 Å². The Morgan fingerprint density at radius 3 is 2.70 bits per heavy atom. The van der Waals surface area contributed by atoms with Crippen molar-refractivity contribution in [2.24, 2.45) is 0 Å². The minimum atomic E-state index is -0.551. The lowest BCUT2D eigenvalue weighted by atomic mass is 10.1. The largest absolute Gasteiger partial charge is 0.340 e. The number of aryl methyl sites for hydroxylation is 1. The van der Waals surface area contributed by atoms with E-state index in [9.17, 15) is 4.79 Å². The number of carbonyl (C=O) groups excluding carboxylic acids is 1. The van der Waals surface area contributed by atoms with E-state index in [0.717, 1.165) is 28.3 Å². The lowest BCUT2D eigenvalue weighted by Gasteiger charge is -2.09. The van der Waals surface area contributed by atoms with E-state index in [0.29, 0.717) is 11.4 Å². The van der Waals surface area contributed by atoms with Crippen LogP contribution in [0.3, 0.4) is 0 Å². The fraction of sp³-hybridized carbons (Fsp3) is 0.0500. The molecule has 0 aliphatic heterocycles. The second-order valence-electron chi connectivity index (χ2n) is 6.05. The van der Waals surface area contributed by atoms with Gasteiger partial charge in [-0.1, -0.05) is 6.07 Å². The fourth-order valence-corrected chi connectivity index (χ4v) is 3.02. The van der Waals surface area contributed by atoms with Gasteiger partial charge in [-0.05, 0) is 55.5 Å². The Labute approximate surface area is 155 Å². The lowest BCUT2D eigenvalue weighted by Crippen LogP contribution is -2.18. The first-order valence-electron chi connectivity index (χ1n) is 8.37. The van der Waals surface area contributed by atoms with Gasteiger partial charge in [0.1, 0.15) is 11.5 Å². The third-order valence-electron chi connectivity index (χ3n) is 4.26. The molecule has 3 aromatic heterocycles. The monoisotopic (exact) mass is 359 g/mol. The summed E-state index contributed by atoms with van der Waals surface area (Å²) in [6.45, 7) is 1.99. The number of pyridine rings is 2. The van der Waals surface area contributed by atoms with Crippen LogP contribution in [0.1, 0.15) is 16.1 Å². The number of amides is 1. The minimum absolute atomic E-state index is 0.367. The number of carbonyl (C=O) groups is 1. The van der Waals surface area contributed by atoms with Crippen LogP contribution in [-0.4, -0.2) is 25.5 Å². The van der Waals surface area contributed by atoms with Crippen LogP contribution >= 0.6 is 0 Å². The fourth-order valence-electron chi connectivity index (χ4n) is 3.02. The molecule has 7 nitrogen and oxygen atoms in total. The summed E-state index contributed by atoms with van der Waals surface area (Å²) in [5.74, 6) is 0.127. The highest BCUT2D eigenvalue weighted by molar-refractivity contribution is 5.93. The molecule has 1 amide bonds. The average Bonchev–Trinajstić information content (AvgIpc) is 3.04. The Kier molecular flexibility index (Phi) is 4.27. The zero-order chi connectivity index (χ0) is 18.8. The second kappa shape index (κ2) is 6.89. The molecule has 0 unspecified atom stereocenters. The Balaban J connectivity index is 1.65. The molecular weight excluding hydrogens is 342 g/mol. The van der Waals surface area contributed by atoms with Gasteiger partial charge in [-0.3, -0.25) is 14.4 Å². The topological polar surface area (TPSA) is 91.5 Å². The number of hydrogen-bond donors (Lipinski definition) is 3. The highest BCUT2D eigenvalue weighted by Gasteiger charge is 2.11. The number of benzene rings is 1. The number of hydrogen-bond acceptors (Lipinski definition) is 5. The number of aromatic nitrogens is 3. The molecule has 0 fully saturated rings. The molecule has 3 heterocycles. The molecule has 0 bridgehead atoms. The summed E-state index contributed by atoms with van der Waals surface area (Å²) < 4.78 is 2.05. The van der Waals surface area contributed by atoms with Crippen molar-refractivity contribution < 1.29 is 10.0 Å². The van der Waals surface area contributed by atoms with Crippen molar-refractivity contribution in [2.75, 3.05) is 5.32 Å². The first kappa shape index (κ1) is 16.7.